The monoisotopic (exact) mass is 268 g/mol. The number of methoxy groups -OCH3 is 1. The van der Waals surface area contributed by atoms with Gasteiger partial charge in [0.2, 0.25) is 0 Å². The summed E-state index contributed by atoms with van der Waals surface area (Å²) in [6.45, 7) is 3.56. The summed E-state index contributed by atoms with van der Waals surface area (Å²) < 4.78 is 5.10. The van der Waals surface area contributed by atoms with Crippen molar-refractivity contribution in [2.24, 2.45) is 0 Å². The maximum atomic E-state index is 10.9. The Morgan fingerprint density at radius 1 is 1.39 bits per heavy atom. The predicted octanol–water partition coefficient (Wildman–Crippen LogP) is 2.91. The zero-order valence-corrected chi connectivity index (χ0v) is 11.9. The first kappa shape index (κ1) is 15.1. The molecule has 1 N–H and O–H groups in total. The molecule has 1 aromatic rings. The van der Waals surface area contributed by atoms with Crippen molar-refractivity contribution >= 4 is 17.5 Å². The van der Waals surface area contributed by atoms with Gasteiger partial charge in [0.25, 0.3) is 0 Å². The van der Waals surface area contributed by atoms with E-state index in [-0.39, 0.29) is 17.5 Å². The van der Waals surface area contributed by atoms with E-state index < -0.39 is 6.10 Å². The summed E-state index contributed by atoms with van der Waals surface area (Å²) in [5, 5.41) is 9.97. The Labute approximate surface area is 113 Å². The summed E-state index contributed by atoms with van der Waals surface area (Å²) in [4.78, 5) is 12.0. The van der Waals surface area contributed by atoms with Crippen LogP contribution in [0.25, 0.3) is 0 Å². The van der Waals surface area contributed by atoms with E-state index in [2.05, 4.69) is 6.92 Å². The van der Waals surface area contributed by atoms with Gasteiger partial charge in [-0.2, -0.15) is 0 Å². The number of hydrogen-bond donors (Lipinski definition) is 1. The first-order valence-corrected chi connectivity index (χ1v) is 6.87. The fourth-order valence-corrected chi connectivity index (χ4v) is 2.81. The zero-order valence-electron chi connectivity index (χ0n) is 11.1. The van der Waals surface area contributed by atoms with Gasteiger partial charge in [0.05, 0.1) is 13.2 Å². The molecule has 0 aromatic heterocycles. The Morgan fingerprint density at radius 2 is 2.00 bits per heavy atom. The maximum Gasteiger partial charge on any atom is 0.132 e. The van der Waals surface area contributed by atoms with Crippen molar-refractivity contribution in [2.45, 2.75) is 42.9 Å². The molecule has 4 heteroatoms. The highest BCUT2D eigenvalue weighted by atomic mass is 32.2. The van der Waals surface area contributed by atoms with Crippen LogP contribution in [0.2, 0.25) is 0 Å². The number of rotatable bonds is 7. The lowest BCUT2D eigenvalue weighted by molar-refractivity contribution is -0.118. The van der Waals surface area contributed by atoms with Crippen molar-refractivity contribution < 1.29 is 14.6 Å². The van der Waals surface area contributed by atoms with Crippen LogP contribution in [0.1, 0.15) is 26.7 Å². The number of hydrogen-bond acceptors (Lipinski definition) is 4. The fourth-order valence-electron chi connectivity index (χ4n) is 1.73. The van der Waals surface area contributed by atoms with Crippen molar-refractivity contribution in [2.75, 3.05) is 7.11 Å². The summed E-state index contributed by atoms with van der Waals surface area (Å²) in [6, 6.07) is 7.83. The number of aliphatic hydroxyl groups excluding tert-OH is 1. The molecule has 0 heterocycles. The van der Waals surface area contributed by atoms with E-state index in [1.807, 2.05) is 24.3 Å². The Kier molecular flexibility index (Phi) is 6.22. The lowest BCUT2D eigenvalue weighted by Gasteiger charge is -2.15. The van der Waals surface area contributed by atoms with Crippen LogP contribution in [0.4, 0.5) is 0 Å². The summed E-state index contributed by atoms with van der Waals surface area (Å²) >= 11 is 1.69. The van der Waals surface area contributed by atoms with Crippen LogP contribution in [0.15, 0.2) is 29.2 Å². The van der Waals surface area contributed by atoms with Crippen LogP contribution >= 0.6 is 11.8 Å². The molecule has 2 unspecified atom stereocenters. The molecule has 0 bridgehead atoms. The Bertz CT molecular complexity index is 375. The molecule has 2 atom stereocenters. The molecule has 100 valence electrons. The lowest BCUT2D eigenvalue weighted by atomic mass is 10.1. The van der Waals surface area contributed by atoms with Gasteiger partial charge in [-0.1, -0.05) is 6.92 Å². The van der Waals surface area contributed by atoms with E-state index in [4.69, 9.17) is 4.74 Å². The van der Waals surface area contributed by atoms with Crippen LogP contribution in [0, 0.1) is 0 Å². The molecule has 0 fully saturated rings. The highest BCUT2D eigenvalue weighted by molar-refractivity contribution is 7.99. The topological polar surface area (TPSA) is 46.5 Å². The van der Waals surface area contributed by atoms with Gasteiger partial charge >= 0.3 is 0 Å². The van der Waals surface area contributed by atoms with Crippen molar-refractivity contribution in [3.05, 3.63) is 24.3 Å². The average molecular weight is 268 g/mol. The molecular formula is C14H20O3S. The van der Waals surface area contributed by atoms with Gasteiger partial charge in [0.15, 0.2) is 0 Å². The number of ether oxygens (including phenoxy) is 1. The molecule has 0 amide bonds. The van der Waals surface area contributed by atoms with E-state index in [0.717, 1.165) is 10.6 Å². The molecule has 18 heavy (non-hydrogen) atoms. The highest BCUT2D eigenvalue weighted by Crippen LogP contribution is 2.27. The minimum absolute atomic E-state index is 0.0316. The minimum Gasteiger partial charge on any atom is -0.497 e. The average Bonchev–Trinajstić information content (AvgIpc) is 2.28. The second kappa shape index (κ2) is 7.44. The van der Waals surface area contributed by atoms with Crippen molar-refractivity contribution in [3.63, 3.8) is 0 Å². The predicted molar refractivity (Wildman–Crippen MR) is 74.2 cm³/mol. The summed E-state index contributed by atoms with van der Waals surface area (Å²) in [6.07, 6.45) is 0.326. The number of ketones is 1. The smallest absolute Gasteiger partial charge is 0.132 e. The molecule has 1 aromatic carbocycles. The third kappa shape index (κ3) is 5.56. The Morgan fingerprint density at radius 3 is 2.50 bits per heavy atom. The van der Waals surface area contributed by atoms with Crippen LogP contribution < -0.4 is 4.74 Å². The van der Waals surface area contributed by atoms with Crippen LogP contribution in [-0.4, -0.2) is 29.4 Å². The van der Waals surface area contributed by atoms with E-state index in [1.165, 1.54) is 6.92 Å². The highest BCUT2D eigenvalue weighted by Gasteiger charge is 2.13. The molecule has 0 spiro atoms. The second-order valence-electron chi connectivity index (χ2n) is 4.40. The zero-order chi connectivity index (χ0) is 13.5. The third-order valence-electron chi connectivity index (χ3n) is 2.52. The van der Waals surface area contributed by atoms with Gasteiger partial charge < -0.3 is 9.84 Å². The van der Waals surface area contributed by atoms with Gasteiger partial charge in [0, 0.05) is 16.6 Å². The Balaban J connectivity index is 2.43. The number of thioether (sulfide) groups is 1. The normalized spacial score (nSPS) is 14.0. The quantitative estimate of drug-likeness (QED) is 0.772. The first-order valence-electron chi connectivity index (χ1n) is 5.99. The molecule has 0 aliphatic carbocycles. The van der Waals surface area contributed by atoms with Gasteiger partial charge in [-0.25, -0.2) is 0 Å². The van der Waals surface area contributed by atoms with Crippen LogP contribution in [0.3, 0.4) is 0 Å². The lowest BCUT2D eigenvalue weighted by Crippen LogP contribution is -2.16. The van der Waals surface area contributed by atoms with Gasteiger partial charge in [-0.05, 0) is 37.6 Å². The summed E-state index contributed by atoms with van der Waals surface area (Å²) in [5.74, 6) is 0.868. The molecule has 1 rings (SSSR count). The number of carbonyl (C=O) groups excluding carboxylic acids is 1. The molecule has 0 aliphatic rings. The van der Waals surface area contributed by atoms with E-state index in [9.17, 15) is 9.90 Å². The SMILES string of the molecule is COc1ccc(SC(C)CC(O)CC(C)=O)cc1. The van der Waals surface area contributed by atoms with Crippen molar-refractivity contribution in [1.29, 1.82) is 0 Å². The third-order valence-corrected chi connectivity index (χ3v) is 3.66. The molecular weight excluding hydrogens is 248 g/mol. The molecule has 0 saturated heterocycles. The molecule has 0 aliphatic heterocycles. The molecule has 0 saturated carbocycles. The second-order valence-corrected chi connectivity index (χ2v) is 5.91. The van der Waals surface area contributed by atoms with E-state index >= 15 is 0 Å². The summed E-state index contributed by atoms with van der Waals surface area (Å²) in [5.41, 5.74) is 0. The maximum absolute atomic E-state index is 10.9. The van der Waals surface area contributed by atoms with Gasteiger partial charge in [0.1, 0.15) is 11.5 Å². The van der Waals surface area contributed by atoms with Crippen molar-refractivity contribution in [1.82, 2.24) is 0 Å². The number of benzene rings is 1. The fraction of sp³-hybridized carbons (Fsp3) is 0.500. The molecule has 0 radical (unpaired) electrons. The van der Waals surface area contributed by atoms with Crippen molar-refractivity contribution in [3.8, 4) is 5.75 Å². The number of Topliss-reactive ketones (excluding diaryl/α,β-unsaturated/α-hetero) is 1. The van der Waals surface area contributed by atoms with E-state index in [0.29, 0.717) is 6.42 Å². The first-order chi connectivity index (χ1) is 8.51. The van der Waals surface area contributed by atoms with E-state index in [1.54, 1.807) is 18.9 Å². The summed E-state index contributed by atoms with van der Waals surface area (Å²) in [7, 11) is 1.64. The standard InChI is InChI=1S/C14H20O3S/c1-10(15)8-12(16)9-11(2)18-14-6-4-13(17-3)5-7-14/h4-7,11-12,16H,8-9H2,1-3H3. The van der Waals surface area contributed by atoms with Gasteiger partial charge in [-0.15, -0.1) is 11.8 Å². The number of aliphatic hydroxyl groups is 1. The van der Waals surface area contributed by atoms with Crippen LogP contribution in [-0.2, 0) is 4.79 Å². The number of carbonyl (C=O) groups is 1. The van der Waals surface area contributed by atoms with Gasteiger partial charge in [-0.3, -0.25) is 4.79 Å². The molecule has 3 nitrogen and oxygen atoms in total. The Hall–Kier alpha value is -1.00. The minimum atomic E-state index is -0.539. The largest absolute Gasteiger partial charge is 0.497 e. The van der Waals surface area contributed by atoms with Crippen LogP contribution in [0.5, 0.6) is 5.75 Å².